The number of carboxylic acids is 1. The van der Waals surface area contributed by atoms with Crippen LogP contribution in [0.2, 0.25) is 0 Å². The standard InChI is InChI=1S/C10H16N2O4/c1-6(7(2)10(15)16)9(14)12-5-4-11-8(3)13/h4-5H2,1-3H3,(H,11,13)(H,12,14)(H,15,16)/b7-6-. The fraction of sp³-hybridized carbons (Fsp3) is 0.500. The van der Waals surface area contributed by atoms with Crippen molar-refractivity contribution in [2.24, 2.45) is 0 Å². The summed E-state index contributed by atoms with van der Waals surface area (Å²) in [6, 6.07) is 0. The van der Waals surface area contributed by atoms with Gasteiger partial charge in [-0.05, 0) is 13.8 Å². The molecule has 6 heteroatoms. The summed E-state index contributed by atoms with van der Waals surface area (Å²) in [5, 5.41) is 13.7. The predicted octanol–water partition coefficient (Wildman–Crippen LogP) is -0.340. The van der Waals surface area contributed by atoms with Crippen molar-refractivity contribution >= 4 is 17.8 Å². The second-order valence-corrected chi connectivity index (χ2v) is 3.29. The Morgan fingerprint density at radius 3 is 1.88 bits per heavy atom. The van der Waals surface area contributed by atoms with E-state index in [1.165, 1.54) is 20.8 Å². The van der Waals surface area contributed by atoms with E-state index in [0.29, 0.717) is 6.54 Å². The molecule has 16 heavy (non-hydrogen) atoms. The highest BCUT2D eigenvalue weighted by molar-refractivity contribution is 6.01. The first-order valence-corrected chi connectivity index (χ1v) is 4.79. The van der Waals surface area contributed by atoms with Crippen LogP contribution < -0.4 is 10.6 Å². The summed E-state index contributed by atoms with van der Waals surface area (Å²) in [5.41, 5.74) is 0.173. The van der Waals surface area contributed by atoms with Gasteiger partial charge in [0.15, 0.2) is 0 Å². The van der Waals surface area contributed by atoms with Crippen LogP contribution in [0.5, 0.6) is 0 Å². The zero-order valence-electron chi connectivity index (χ0n) is 9.59. The third kappa shape index (κ3) is 5.14. The van der Waals surface area contributed by atoms with Gasteiger partial charge >= 0.3 is 5.97 Å². The molecule has 6 nitrogen and oxygen atoms in total. The molecule has 0 radical (unpaired) electrons. The molecule has 0 aliphatic heterocycles. The largest absolute Gasteiger partial charge is 0.478 e. The Hall–Kier alpha value is -1.85. The van der Waals surface area contributed by atoms with E-state index in [-0.39, 0.29) is 23.6 Å². The number of nitrogens with one attached hydrogen (secondary N) is 2. The third-order valence-corrected chi connectivity index (χ3v) is 2.01. The molecule has 0 aliphatic rings. The summed E-state index contributed by atoms with van der Waals surface area (Å²) in [5.74, 6) is -1.73. The third-order valence-electron chi connectivity index (χ3n) is 2.01. The first-order valence-electron chi connectivity index (χ1n) is 4.79. The Morgan fingerprint density at radius 1 is 0.938 bits per heavy atom. The molecule has 0 saturated carbocycles. The molecule has 0 aromatic heterocycles. The number of hydrogen-bond acceptors (Lipinski definition) is 3. The van der Waals surface area contributed by atoms with Crippen LogP contribution >= 0.6 is 0 Å². The van der Waals surface area contributed by atoms with Gasteiger partial charge in [-0.2, -0.15) is 0 Å². The number of rotatable bonds is 5. The number of amides is 2. The topological polar surface area (TPSA) is 95.5 Å². The average molecular weight is 228 g/mol. The normalized spacial score (nSPS) is 11.4. The molecule has 0 fully saturated rings. The van der Waals surface area contributed by atoms with Crippen LogP contribution in [-0.2, 0) is 14.4 Å². The predicted molar refractivity (Wildman–Crippen MR) is 57.7 cm³/mol. The molecular formula is C10H16N2O4. The van der Waals surface area contributed by atoms with Crippen molar-refractivity contribution in [1.82, 2.24) is 10.6 Å². The average Bonchev–Trinajstić information content (AvgIpc) is 2.21. The zero-order valence-corrected chi connectivity index (χ0v) is 9.59. The van der Waals surface area contributed by atoms with Crippen LogP contribution in [0.15, 0.2) is 11.1 Å². The van der Waals surface area contributed by atoms with Crippen molar-refractivity contribution < 1.29 is 19.5 Å². The first-order chi connectivity index (χ1) is 7.36. The van der Waals surface area contributed by atoms with Gasteiger partial charge in [0.05, 0.1) is 0 Å². The quantitative estimate of drug-likeness (QED) is 0.443. The van der Waals surface area contributed by atoms with E-state index in [0.717, 1.165) is 0 Å². The first kappa shape index (κ1) is 14.2. The van der Waals surface area contributed by atoms with E-state index in [4.69, 9.17) is 5.11 Å². The van der Waals surface area contributed by atoms with E-state index in [2.05, 4.69) is 10.6 Å². The molecule has 0 saturated heterocycles. The maximum atomic E-state index is 11.4. The molecule has 0 unspecified atom stereocenters. The lowest BCUT2D eigenvalue weighted by Gasteiger charge is -2.07. The van der Waals surface area contributed by atoms with Gasteiger partial charge in [-0.25, -0.2) is 4.79 Å². The van der Waals surface area contributed by atoms with E-state index in [1.807, 2.05) is 0 Å². The van der Waals surface area contributed by atoms with Gasteiger partial charge in [0.2, 0.25) is 11.8 Å². The van der Waals surface area contributed by atoms with Gasteiger partial charge in [-0.3, -0.25) is 9.59 Å². The smallest absolute Gasteiger partial charge is 0.331 e. The Labute approximate surface area is 93.7 Å². The summed E-state index contributed by atoms with van der Waals surface area (Å²) < 4.78 is 0. The number of carbonyl (C=O) groups excluding carboxylic acids is 2. The van der Waals surface area contributed by atoms with Crippen molar-refractivity contribution in [2.75, 3.05) is 13.1 Å². The summed E-state index contributed by atoms with van der Waals surface area (Å²) in [6.07, 6.45) is 0. The molecule has 0 bridgehead atoms. The van der Waals surface area contributed by atoms with Gasteiger partial charge in [0, 0.05) is 31.2 Å². The Bertz CT molecular complexity index is 334. The maximum absolute atomic E-state index is 11.4. The van der Waals surface area contributed by atoms with Crippen LogP contribution in [0.4, 0.5) is 0 Å². The summed E-state index contributed by atoms with van der Waals surface area (Å²) in [4.78, 5) is 32.5. The Kier molecular flexibility index (Phi) is 5.84. The minimum Gasteiger partial charge on any atom is -0.478 e. The van der Waals surface area contributed by atoms with Gasteiger partial charge in [-0.15, -0.1) is 0 Å². The second-order valence-electron chi connectivity index (χ2n) is 3.29. The van der Waals surface area contributed by atoms with E-state index in [9.17, 15) is 14.4 Å². The molecular weight excluding hydrogens is 212 g/mol. The van der Waals surface area contributed by atoms with Gasteiger partial charge in [0.25, 0.3) is 0 Å². The van der Waals surface area contributed by atoms with Gasteiger partial charge < -0.3 is 15.7 Å². The molecule has 3 N–H and O–H groups in total. The highest BCUT2D eigenvalue weighted by atomic mass is 16.4. The Morgan fingerprint density at radius 2 is 1.44 bits per heavy atom. The zero-order chi connectivity index (χ0) is 12.7. The van der Waals surface area contributed by atoms with Crippen molar-refractivity contribution in [3.63, 3.8) is 0 Å². The highest BCUT2D eigenvalue weighted by Crippen LogP contribution is 2.02. The van der Waals surface area contributed by atoms with Crippen molar-refractivity contribution in [3.05, 3.63) is 11.1 Å². The van der Waals surface area contributed by atoms with E-state index in [1.54, 1.807) is 0 Å². The number of aliphatic carboxylic acids is 1. The maximum Gasteiger partial charge on any atom is 0.331 e. The summed E-state index contributed by atoms with van der Waals surface area (Å²) in [6.45, 7) is 4.77. The van der Waals surface area contributed by atoms with Crippen LogP contribution in [0.25, 0.3) is 0 Å². The summed E-state index contributed by atoms with van der Waals surface area (Å²) in [7, 11) is 0. The minimum atomic E-state index is -1.12. The molecule has 0 aliphatic carbocycles. The SMILES string of the molecule is CC(=O)NCCNC(=O)/C(C)=C(/C)C(=O)O. The highest BCUT2D eigenvalue weighted by Gasteiger charge is 2.11. The van der Waals surface area contributed by atoms with Crippen molar-refractivity contribution in [1.29, 1.82) is 0 Å². The van der Waals surface area contributed by atoms with Gasteiger partial charge in [-0.1, -0.05) is 0 Å². The number of carbonyl (C=O) groups is 3. The lowest BCUT2D eigenvalue weighted by molar-refractivity contribution is -0.133. The van der Waals surface area contributed by atoms with Gasteiger partial charge in [0.1, 0.15) is 0 Å². The monoisotopic (exact) mass is 228 g/mol. The molecule has 0 rings (SSSR count). The molecule has 0 atom stereocenters. The molecule has 0 spiro atoms. The molecule has 0 heterocycles. The van der Waals surface area contributed by atoms with Crippen molar-refractivity contribution in [3.8, 4) is 0 Å². The molecule has 0 aromatic rings. The molecule has 2 amide bonds. The van der Waals surface area contributed by atoms with Crippen molar-refractivity contribution in [2.45, 2.75) is 20.8 Å². The number of carboxylic acid groups (broad SMARTS) is 1. The lowest BCUT2D eigenvalue weighted by atomic mass is 10.1. The Balaban J connectivity index is 4.12. The van der Waals surface area contributed by atoms with Crippen LogP contribution in [0, 0.1) is 0 Å². The van der Waals surface area contributed by atoms with E-state index >= 15 is 0 Å². The lowest BCUT2D eigenvalue weighted by Crippen LogP contribution is -2.34. The number of hydrogen-bond donors (Lipinski definition) is 3. The van der Waals surface area contributed by atoms with E-state index < -0.39 is 11.9 Å². The summed E-state index contributed by atoms with van der Waals surface area (Å²) >= 11 is 0. The fourth-order valence-corrected chi connectivity index (χ4v) is 0.878. The molecule has 0 aromatic carbocycles. The second kappa shape index (κ2) is 6.60. The molecule has 90 valence electrons. The fourth-order valence-electron chi connectivity index (χ4n) is 0.878. The van der Waals surface area contributed by atoms with Crippen LogP contribution in [0.1, 0.15) is 20.8 Å². The minimum absolute atomic E-state index is 0.0111. The van der Waals surface area contributed by atoms with Crippen LogP contribution in [0.3, 0.4) is 0 Å². The van der Waals surface area contributed by atoms with Crippen LogP contribution in [-0.4, -0.2) is 36.0 Å².